The van der Waals surface area contributed by atoms with E-state index in [4.69, 9.17) is 19.2 Å². The standard InChI is InChI=1S/C29H37N7O4/c1-18(37)36(25-11-6-19(12-30-25)20-13-32-28(38-5)33-14-20)22-9-7-21(8-10-22)34-27-31-15-24(29(2,3)4)26(35-27)40-23-16-39-17-23/h6,11-15,21-23H,7-10,16-17H2,1-5H3,(H,31,34,35). The molecule has 40 heavy (non-hydrogen) atoms. The summed E-state index contributed by atoms with van der Waals surface area (Å²) in [5.74, 6) is 1.80. The van der Waals surface area contributed by atoms with Crippen molar-refractivity contribution in [3.63, 3.8) is 0 Å². The first-order chi connectivity index (χ1) is 19.2. The monoisotopic (exact) mass is 547 g/mol. The van der Waals surface area contributed by atoms with Crippen molar-refractivity contribution in [2.75, 3.05) is 30.5 Å². The summed E-state index contributed by atoms with van der Waals surface area (Å²) < 4.78 is 16.4. The number of carbonyl (C=O) groups excluding carboxylic acids is 1. The van der Waals surface area contributed by atoms with Crippen molar-refractivity contribution < 1.29 is 19.0 Å². The Kier molecular flexibility index (Phi) is 8.11. The fourth-order valence-corrected chi connectivity index (χ4v) is 5.02. The molecule has 0 unspecified atom stereocenters. The van der Waals surface area contributed by atoms with Crippen molar-refractivity contribution in [2.45, 2.75) is 77.0 Å². The number of rotatable bonds is 8. The van der Waals surface area contributed by atoms with Crippen LogP contribution in [0.15, 0.2) is 36.9 Å². The van der Waals surface area contributed by atoms with Crippen LogP contribution in [0.3, 0.4) is 0 Å². The van der Waals surface area contributed by atoms with Crippen molar-refractivity contribution in [3.8, 4) is 23.0 Å². The minimum absolute atomic E-state index is 0.0210. The Labute approximate surface area is 234 Å². The normalized spacial score (nSPS) is 19.4. The van der Waals surface area contributed by atoms with Crippen LogP contribution >= 0.6 is 0 Å². The van der Waals surface area contributed by atoms with Gasteiger partial charge in [0.2, 0.25) is 17.7 Å². The lowest BCUT2D eigenvalue weighted by atomic mass is 9.88. The summed E-state index contributed by atoms with van der Waals surface area (Å²) in [6.45, 7) is 9.14. The zero-order valence-electron chi connectivity index (χ0n) is 23.8. The largest absolute Gasteiger partial charge is 0.469 e. The molecule has 5 rings (SSSR count). The van der Waals surface area contributed by atoms with Gasteiger partial charge in [0.1, 0.15) is 11.9 Å². The van der Waals surface area contributed by atoms with Crippen molar-refractivity contribution >= 4 is 17.7 Å². The van der Waals surface area contributed by atoms with Crippen LogP contribution in [0.1, 0.15) is 58.9 Å². The first kappa shape index (κ1) is 27.7. The number of carbonyl (C=O) groups is 1. The quantitative estimate of drug-likeness (QED) is 0.439. The number of hydrogen-bond acceptors (Lipinski definition) is 10. The maximum Gasteiger partial charge on any atom is 0.316 e. The SMILES string of the molecule is COc1ncc(-c2ccc(N(C(C)=O)C3CCC(Nc4ncc(C(C)(C)C)c(OC5COC5)n4)CC3)nc2)cn1. The van der Waals surface area contributed by atoms with Gasteiger partial charge in [0, 0.05) is 60.5 Å². The summed E-state index contributed by atoms with van der Waals surface area (Å²) in [5.41, 5.74) is 2.53. The van der Waals surface area contributed by atoms with E-state index in [0.717, 1.165) is 42.4 Å². The third kappa shape index (κ3) is 6.30. The fraction of sp³-hybridized carbons (Fsp3) is 0.517. The van der Waals surface area contributed by atoms with E-state index in [9.17, 15) is 4.79 Å². The molecule has 2 aliphatic rings. The fourth-order valence-electron chi connectivity index (χ4n) is 5.02. The molecule has 3 aromatic heterocycles. The van der Waals surface area contributed by atoms with E-state index in [1.165, 1.54) is 7.11 Å². The molecule has 11 nitrogen and oxygen atoms in total. The Balaban J connectivity index is 1.22. The highest BCUT2D eigenvalue weighted by molar-refractivity contribution is 5.91. The van der Waals surface area contributed by atoms with Gasteiger partial charge in [0.05, 0.1) is 20.3 Å². The lowest BCUT2D eigenvalue weighted by Crippen LogP contribution is -2.43. The van der Waals surface area contributed by atoms with Gasteiger partial charge in [0.25, 0.3) is 0 Å². The minimum Gasteiger partial charge on any atom is -0.469 e. The number of pyridine rings is 1. The molecular formula is C29H37N7O4. The van der Waals surface area contributed by atoms with Gasteiger partial charge in [-0.3, -0.25) is 9.69 Å². The molecule has 1 aliphatic heterocycles. The van der Waals surface area contributed by atoms with Crippen LogP contribution in [-0.2, 0) is 14.9 Å². The topological polar surface area (TPSA) is 124 Å². The van der Waals surface area contributed by atoms with Crippen molar-refractivity contribution in [1.82, 2.24) is 24.9 Å². The van der Waals surface area contributed by atoms with Gasteiger partial charge in [0.15, 0.2) is 0 Å². The Morgan fingerprint density at radius 2 is 1.68 bits per heavy atom. The van der Waals surface area contributed by atoms with Crippen molar-refractivity contribution in [2.24, 2.45) is 0 Å². The van der Waals surface area contributed by atoms with Gasteiger partial charge >= 0.3 is 6.01 Å². The van der Waals surface area contributed by atoms with Gasteiger partial charge in [-0.15, -0.1) is 0 Å². The number of amides is 1. The lowest BCUT2D eigenvalue weighted by Gasteiger charge is -2.36. The van der Waals surface area contributed by atoms with Crippen LogP contribution in [0.5, 0.6) is 11.9 Å². The molecule has 1 amide bonds. The van der Waals surface area contributed by atoms with E-state index in [1.807, 2.05) is 23.2 Å². The number of ether oxygens (including phenoxy) is 3. The molecule has 0 bridgehead atoms. The third-order valence-electron chi connectivity index (χ3n) is 7.32. The van der Waals surface area contributed by atoms with Crippen LogP contribution in [0.2, 0.25) is 0 Å². The van der Waals surface area contributed by atoms with Crippen LogP contribution in [-0.4, -0.2) is 69.3 Å². The summed E-state index contributed by atoms with van der Waals surface area (Å²) in [6.07, 6.45) is 10.5. The number of nitrogens with one attached hydrogen (secondary N) is 1. The Morgan fingerprint density at radius 1 is 0.975 bits per heavy atom. The van der Waals surface area contributed by atoms with Gasteiger partial charge in [-0.05, 0) is 43.2 Å². The van der Waals surface area contributed by atoms with Crippen molar-refractivity contribution in [1.29, 1.82) is 0 Å². The molecule has 0 atom stereocenters. The van der Waals surface area contributed by atoms with Crippen LogP contribution in [0.4, 0.5) is 11.8 Å². The summed E-state index contributed by atoms with van der Waals surface area (Å²) >= 11 is 0. The first-order valence-corrected chi connectivity index (χ1v) is 13.7. The van der Waals surface area contributed by atoms with E-state index in [1.54, 1.807) is 25.5 Å². The molecule has 3 aromatic rings. The summed E-state index contributed by atoms with van der Waals surface area (Å²) in [7, 11) is 1.53. The molecular weight excluding hydrogens is 510 g/mol. The smallest absolute Gasteiger partial charge is 0.316 e. The maximum absolute atomic E-state index is 12.7. The highest BCUT2D eigenvalue weighted by atomic mass is 16.6. The van der Waals surface area contributed by atoms with E-state index < -0.39 is 0 Å². The molecule has 1 N–H and O–H groups in total. The predicted octanol–water partition coefficient (Wildman–Crippen LogP) is 4.19. The second-order valence-corrected chi connectivity index (χ2v) is 11.3. The molecule has 4 heterocycles. The second kappa shape index (κ2) is 11.7. The highest BCUT2D eigenvalue weighted by Gasteiger charge is 2.31. The summed E-state index contributed by atoms with van der Waals surface area (Å²) in [5, 5.41) is 3.50. The zero-order valence-corrected chi connectivity index (χ0v) is 23.8. The van der Waals surface area contributed by atoms with E-state index >= 15 is 0 Å². The summed E-state index contributed by atoms with van der Waals surface area (Å²) in [4.78, 5) is 36.8. The maximum atomic E-state index is 12.7. The average molecular weight is 548 g/mol. The van der Waals surface area contributed by atoms with Crippen molar-refractivity contribution in [3.05, 3.63) is 42.5 Å². The van der Waals surface area contributed by atoms with Gasteiger partial charge in [-0.25, -0.2) is 19.9 Å². The van der Waals surface area contributed by atoms with Crippen LogP contribution < -0.4 is 19.7 Å². The molecule has 1 saturated heterocycles. The molecule has 11 heteroatoms. The number of anilines is 2. The number of hydrogen-bond donors (Lipinski definition) is 1. The van der Waals surface area contributed by atoms with E-state index in [2.05, 4.69) is 46.0 Å². The Hall–Kier alpha value is -3.86. The molecule has 1 saturated carbocycles. The first-order valence-electron chi connectivity index (χ1n) is 13.7. The lowest BCUT2D eigenvalue weighted by molar-refractivity contribution is -0.117. The third-order valence-corrected chi connectivity index (χ3v) is 7.32. The van der Waals surface area contributed by atoms with Gasteiger partial charge in [-0.2, -0.15) is 4.98 Å². The average Bonchev–Trinajstić information content (AvgIpc) is 2.92. The highest BCUT2D eigenvalue weighted by Crippen LogP contribution is 2.33. The predicted molar refractivity (Wildman–Crippen MR) is 151 cm³/mol. The molecule has 212 valence electrons. The number of methoxy groups -OCH3 is 1. The molecule has 0 radical (unpaired) electrons. The van der Waals surface area contributed by atoms with Crippen LogP contribution in [0, 0.1) is 0 Å². The van der Waals surface area contributed by atoms with Gasteiger partial charge in [-0.1, -0.05) is 20.8 Å². The van der Waals surface area contributed by atoms with E-state index in [0.29, 0.717) is 36.9 Å². The number of aromatic nitrogens is 5. The second-order valence-electron chi connectivity index (χ2n) is 11.3. The van der Waals surface area contributed by atoms with Crippen LogP contribution in [0.25, 0.3) is 11.1 Å². The molecule has 1 aliphatic carbocycles. The zero-order chi connectivity index (χ0) is 28.3. The Bertz CT molecular complexity index is 1300. The molecule has 0 aromatic carbocycles. The number of nitrogens with zero attached hydrogens (tertiary/aromatic N) is 6. The minimum atomic E-state index is -0.138. The molecule has 2 fully saturated rings. The van der Waals surface area contributed by atoms with E-state index in [-0.39, 0.29) is 29.5 Å². The Morgan fingerprint density at radius 3 is 2.23 bits per heavy atom. The van der Waals surface area contributed by atoms with Gasteiger partial charge < -0.3 is 19.5 Å². The summed E-state index contributed by atoms with van der Waals surface area (Å²) in [6, 6.07) is 4.40. The molecule has 0 spiro atoms.